The Bertz CT molecular complexity index is 487. The summed E-state index contributed by atoms with van der Waals surface area (Å²) in [5.41, 5.74) is 0.0609. The predicted molar refractivity (Wildman–Crippen MR) is 75.1 cm³/mol. The number of aliphatic hydroxyl groups is 1. The van der Waals surface area contributed by atoms with Crippen molar-refractivity contribution in [3.63, 3.8) is 0 Å². The van der Waals surface area contributed by atoms with Crippen LogP contribution in [0.4, 0.5) is 0 Å². The Labute approximate surface area is 118 Å². The zero-order valence-corrected chi connectivity index (χ0v) is 11.8. The van der Waals surface area contributed by atoms with Crippen LogP contribution in [0.1, 0.15) is 30.6 Å². The molecular formula is C15H21NO4. The minimum absolute atomic E-state index is 0.112. The van der Waals surface area contributed by atoms with Gasteiger partial charge in [-0.2, -0.15) is 0 Å². The van der Waals surface area contributed by atoms with Crippen LogP contribution in [0.3, 0.4) is 0 Å². The van der Waals surface area contributed by atoms with Crippen LogP contribution in [0.15, 0.2) is 24.3 Å². The van der Waals surface area contributed by atoms with E-state index in [1.54, 1.807) is 18.2 Å². The Balaban J connectivity index is 1.79. The summed E-state index contributed by atoms with van der Waals surface area (Å²) in [6.45, 7) is 5.07. The highest BCUT2D eigenvalue weighted by molar-refractivity contribution is 5.90. The largest absolute Gasteiger partial charge is 0.491 e. The summed E-state index contributed by atoms with van der Waals surface area (Å²) in [6.07, 6.45) is 0.493. The highest BCUT2D eigenvalue weighted by Gasteiger charge is 2.46. The van der Waals surface area contributed by atoms with Gasteiger partial charge in [0.05, 0.1) is 6.10 Å². The number of para-hydroxylation sites is 1. The number of aliphatic hydroxyl groups excluding tert-OH is 1. The fraction of sp³-hybridized carbons (Fsp3) is 0.533. The molecule has 1 fully saturated rings. The van der Waals surface area contributed by atoms with E-state index in [1.807, 2.05) is 13.8 Å². The number of nitrogens with one attached hydrogen (secondary N) is 1. The monoisotopic (exact) mass is 279 g/mol. The number of rotatable bonds is 6. The number of benzene rings is 1. The van der Waals surface area contributed by atoms with E-state index in [4.69, 9.17) is 9.84 Å². The topological polar surface area (TPSA) is 78.8 Å². The molecule has 0 amide bonds. The molecule has 3 N–H and O–H groups in total. The van der Waals surface area contributed by atoms with E-state index in [2.05, 4.69) is 5.32 Å². The molecule has 1 aromatic rings. The molecule has 2 atom stereocenters. The van der Waals surface area contributed by atoms with Crippen LogP contribution in [0.5, 0.6) is 5.75 Å². The molecule has 0 spiro atoms. The Morgan fingerprint density at radius 3 is 2.75 bits per heavy atom. The van der Waals surface area contributed by atoms with Crippen LogP contribution in [0.2, 0.25) is 0 Å². The van der Waals surface area contributed by atoms with Gasteiger partial charge < -0.3 is 20.3 Å². The Hall–Kier alpha value is -1.59. The number of hydrogen-bond acceptors (Lipinski definition) is 4. The molecule has 5 heteroatoms. The number of ether oxygens (including phenoxy) is 1. The third-order valence-electron chi connectivity index (χ3n) is 4.08. The molecular weight excluding hydrogens is 258 g/mol. The SMILES string of the molecule is CC1(C)C(O)CC1NCCOc1ccccc1C(=O)O. The molecule has 0 saturated heterocycles. The van der Waals surface area contributed by atoms with Gasteiger partial charge in [-0.05, 0) is 18.6 Å². The molecule has 0 heterocycles. The van der Waals surface area contributed by atoms with Gasteiger partial charge in [-0.3, -0.25) is 0 Å². The zero-order valence-electron chi connectivity index (χ0n) is 11.8. The lowest BCUT2D eigenvalue weighted by molar-refractivity contribution is -0.0728. The normalized spacial score (nSPS) is 23.9. The lowest BCUT2D eigenvalue weighted by Crippen LogP contribution is -2.60. The molecule has 0 aromatic heterocycles. The predicted octanol–water partition coefficient (Wildman–Crippen LogP) is 1.51. The van der Waals surface area contributed by atoms with E-state index in [1.165, 1.54) is 6.07 Å². The first-order valence-electron chi connectivity index (χ1n) is 6.79. The van der Waals surface area contributed by atoms with Crippen molar-refractivity contribution in [1.29, 1.82) is 0 Å². The van der Waals surface area contributed by atoms with Gasteiger partial charge in [0, 0.05) is 18.0 Å². The van der Waals surface area contributed by atoms with Gasteiger partial charge in [-0.15, -0.1) is 0 Å². The van der Waals surface area contributed by atoms with Crippen molar-refractivity contribution in [3.05, 3.63) is 29.8 Å². The number of aromatic carboxylic acids is 1. The minimum atomic E-state index is -0.989. The van der Waals surface area contributed by atoms with E-state index < -0.39 is 5.97 Å². The third-order valence-corrected chi connectivity index (χ3v) is 4.08. The maximum atomic E-state index is 11.0. The molecule has 1 aromatic carbocycles. The minimum Gasteiger partial charge on any atom is -0.491 e. The number of hydrogen-bond donors (Lipinski definition) is 3. The lowest BCUT2D eigenvalue weighted by atomic mass is 9.64. The maximum Gasteiger partial charge on any atom is 0.339 e. The van der Waals surface area contributed by atoms with Crippen molar-refractivity contribution in [2.75, 3.05) is 13.2 Å². The molecule has 110 valence electrons. The second-order valence-electron chi connectivity index (χ2n) is 5.73. The molecule has 0 aliphatic heterocycles. The van der Waals surface area contributed by atoms with Crippen molar-refractivity contribution >= 4 is 5.97 Å². The average Bonchev–Trinajstić information content (AvgIpc) is 2.42. The molecule has 0 radical (unpaired) electrons. The summed E-state index contributed by atoms with van der Waals surface area (Å²) in [5.74, 6) is -0.605. The van der Waals surface area contributed by atoms with Crippen LogP contribution in [-0.4, -0.2) is 41.5 Å². The van der Waals surface area contributed by atoms with E-state index in [9.17, 15) is 9.90 Å². The van der Waals surface area contributed by atoms with E-state index in [0.717, 1.165) is 6.42 Å². The van der Waals surface area contributed by atoms with Crippen LogP contribution in [-0.2, 0) is 0 Å². The second kappa shape index (κ2) is 5.81. The fourth-order valence-electron chi connectivity index (χ4n) is 2.41. The molecule has 20 heavy (non-hydrogen) atoms. The van der Waals surface area contributed by atoms with Gasteiger partial charge in [0.1, 0.15) is 17.9 Å². The van der Waals surface area contributed by atoms with Gasteiger partial charge in [0.25, 0.3) is 0 Å². The summed E-state index contributed by atoms with van der Waals surface area (Å²) in [6, 6.07) is 6.88. The smallest absolute Gasteiger partial charge is 0.339 e. The van der Waals surface area contributed by atoms with Crippen molar-refractivity contribution in [1.82, 2.24) is 5.32 Å². The van der Waals surface area contributed by atoms with E-state index in [-0.39, 0.29) is 23.1 Å². The summed E-state index contributed by atoms with van der Waals surface area (Å²) in [7, 11) is 0. The number of carbonyl (C=O) groups is 1. The molecule has 1 aliphatic rings. The van der Waals surface area contributed by atoms with Gasteiger partial charge in [-0.1, -0.05) is 26.0 Å². The van der Waals surface area contributed by atoms with Gasteiger partial charge in [0.15, 0.2) is 0 Å². The first-order chi connectivity index (χ1) is 9.43. The van der Waals surface area contributed by atoms with E-state index >= 15 is 0 Å². The van der Waals surface area contributed by atoms with Crippen LogP contribution in [0.25, 0.3) is 0 Å². The number of carboxylic acid groups (broad SMARTS) is 1. The Morgan fingerprint density at radius 2 is 2.15 bits per heavy atom. The lowest BCUT2D eigenvalue weighted by Gasteiger charge is -2.49. The second-order valence-corrected chi connectivity index (χ2v) is 5.73. The van der Waals surface area contributed by atoms with Crippen molar-refractivity contribution in [3.8, 4) is 5.75 Å². The molecule has 5 nitrogen and oxygen atoms in total. The van der Waals surface area contributed by atoms with Crippen molar-refractivity contribution in [2.45, 2.75) is 32.4 Å². The first-order valence-corrected chi connectivity index (χ1v) is 6.79. The summed E-state index contributed by atoms with van der Waals surface area (Å²) < 4.78 is 5.51. The Morgan fingerprint density at radius 1 is 1.45 bits per heavy atom. The van der Waals surface area contributed by atoms with Gasteiger partial charge in [-0.25, -0.2) is 4.79 Å². The van der Waals surface area contributed by atoms with Gasteiger partial charge in [0.2, 0.25) is 0 Å². The van der Waals surface area contributed by atoms with Gasteiger partial charge >= 0.3 is 5.97 Å². The zero-order chi connectivity index (χ0) is 14.8. The standard InChI is InChI=1S/C15H21NO4/c1-15(2)12(9-13(15)17)16-7-8-20-11-6-4-3-5-10(11)14(18)19/h3-6,12-13,16-17H,7-9H2,1-2H3,(H,18,19). The summed E-state index contributed by atoms with van der Waals surface area (Å²) in [5, 5.41) is 22.0. The van der Waals surface area contributed by atoms with E-state index in [0.29, 0.717) is 18.9 Å². The maximum absolute atomic E-state index is 11.0. The molecule has 2 rings (SSSR count). The quantitative estimate of drug-likeness (QED) is 0.688. The van der Waals surface area contributed by atoms with Crippen LogP contribution in [0, 0.1) is 5.41 Å². The van der Waals surface area contributed by atoms with Crippen LogP contribution < -0.4 is 10.1 Å². The highest BCUT2D eigenvalue weighted by Crippen LogP contribution is 2.40. The molecule has 1 saturated carbocycles. The Kier molecular flexibility index (Phi) is 4.30. The third kappa shape index (κ3) is 2.94. The van der Waals surface area contributed by atoms with Crippen LogP contribution >= 0.6 is 0 Å². The highest BCUT2D eigenvalue weighted by atomic mass is 16.5. The fourth-order valence-corrected chi connectivity index (χ4v) is 2.41. The first kappa shape index (κ1) is 14.8. The molecule has 0 bridgehead atoms. The summed E-state index contributed by atoms with van der Waals surface area (Å²) >= 11 is 0. The molecule has 2 unspecified atom stereocenters. The van der Waals surface area contributed by atoms with Crippen molar-refractivity contribution in [2.24, 2.45) is 5.41 Å². The average molecular weight is 279 g/mol. The number of carboxylic acids is 1. The summed E-state index contributed by atoms with van der Waals surface area (Å²) in [4.78, 5) is 11.0. The van der Waals surface area contributed by atoms with Crippen molar-refractivity contribution < 1.29 is 19.7 Å². The molecule has 1 aliphatic carbocycles.